The fraction of sp³-hybridized carbons (Fsp3) is 0.111. The molecule has 0 atom stereocenters. The van der Waals surface area contributed by atoms with Crippen LogP contribution in [0.15, 0.2) is 51.7 Å². The molecule has 1 aliphatic heterocycles. The predicted molar refractivity (Wildman–Crippen MR) is 83.6 cm³/mol. The normalized spacial score (nSPS) is 12.2. The van der Waals surface area contributed by atoms with Gasteiger partial charge in [0.05, 0.1) is 7.11 Å². The number of benzene rings is 2. The number of rotatable bonds is 1. The van der Waals surface area contributed by atoms with Crippen molar-refractivity contribution in [2.45, 2.75) is 6.61 Å². The van der Waals surface area contributed by atoms with E-state index in [2.05, 4.69) is 4.74 Å². The Labute approximate surface area is 131 Å². The minimum absolute atomic E-state index is 0.118. The molecule has 0 radical (unpaired) electrons. The van der Waals surface area contributed by atoms with Crippen molar-refractivity contribution in [2.75, 3.05) is 7.11 Å². The Morgan fingerprint density at radius 1 is 1.13 bits per heavy atom. The van der Waals surface area contributed by atoms with Crippen molar-refractivity contribution in [3.05, 3.63) is 64.0 Å². The van der Waals surface area contributed by atoms with Crippen molar-refractivity contribution in [3.63, 3.8) is 0 Å². The number of hydrogen-bond donors (Lipinski definition) is 0. The van der Waals surface area contributed by atoms with Gasteiger partial charge in [0.1, 0.15) is 23.5 Å². The number of carbonyl (C=O) groups is 1. The second kappa shape index (κ2) is 4.98. The topological polar surface area (TPSA) is 65.7 Å². The highest BCUT2D eigenvalue weighted by Gasteiger charge is 2.22. The highest BCUT2D eigenvalue weighted by atomic mass is 16.5. The lowest BCUT2D eigenvalue weighted by atomic mass is 9.94. The Hall–Kier alpha value is -3.08. The Kier molecular flexibility index (Phi) is 2.94. The minimum atomic E-state index is -0.713. The predicted octanol–water partition coefficient (Wildman–Crippen LogP) is 3.14. The van der Waals surface area contributed by atoms with Crippen LogP contribution in [0.4, 0.5) is 0 Å². The van der Waals surface area contributed by atoms with E-state index < -0.39 is 11.6 Å². The summed E-state index contributed by atoms with van der Waals surface area (Å²) in [5.41, 5.74) is 2.46. The molecule has 0 unspecified atom stereocenters. The Bertz CT molecular complexity index is 1000. The smallest absolute Gasteiger partial charge is 0.351 e. The zero-order chi connectivity index (χ0) is 16.0. The van der Waals surface area contributed by atoms with Gasteiger partial charge >= 0.3 is 11.6 Å². The molecule has 5 nitrogen and oxygen atoms in total. The molecule has 1 aliphatic rings. The number of hydrogen-bond acceptors (Lipinski definition) is 5. The highest BCUT2D eigenvalue weighted by Crippen LogP contribution is 2.40. The van der Waals surface area contributed by atoms with Gasteiger partial charge in [-0.15, -0.1) is 0 Å². The van der Waals surface area contributed by atoms with E-state index in [9.17, 15) is 9.59 Å². The summed E-state index contributed by atoms with van der Waals surface area (Å²) in [7, 11) is 1.23. The van der Waals surface area contributed by atoms with Crippen LogP contribution in [0.5, 0.6) is 5.75 Å². The van der Waals surface area contributed by atoms with E-state index in [4.69, 9.17) is 9.15 Å². The second-order valence-electron chi connectivity index (χ2n) is 5.23. The fourth-order valence-electron chi connectivity index (χ4n) is 2.87. The Morgan fingerprint density at radius 3 is 2.78 bits per heavy atom. The summed E-state index contributed by atoms with van der Waals surface area (Å²) in [5.74, 6) is 0.0975. The quantitative estimate of drug-likeness (QED) is 0.510. The molecule has 3 aromatic rings. The third kappa shape index (κ3) is 2.01. The largest absolute Gasteiger partial charge is 0.488 e. The van der Waals surface area contributed by atoms with Crippen molar-refractivity contribution in [1.29, 1.82) is 0 Å². The van der Waals surface area contributed by atoms with Gasteiger partial charge in [0, 0.05) is 16.5 Å². The van der Waals surface area contributed by atoms with E-state index in [-0.39, 0.29) is 5.56 Å². The molecule has 1 aromatic heterocycles. The molecule has 0 amide bonds. The van der Waals surface area contributed by atoms with Gasteiger partial charge in [-0.05, 0) is 23.8 Å². The lowest BCUT2D eigenvalue weighted by Gasteiger charge is -2.21. The van der Waals surface area contributed by atoms with Crippen molar-refractivity contribution in [3.8, 4) is 16.9 Å². The number of para-hydroxylation sites is 1. The lowest BCUT2D eigenvalue weighted by Crippen LogP contribution is -2.16. The molecule has 0 aliphatic carbocycles. The van der Waals surface area contributed by atoms with Gasteiger partial charge in [-0.3, -0.25) is 0 Å². The standard InChI is InChI=1S/C18H12O5/c1-21-17(19)13-8-12-14-9-22-15-5-3-2-4-11(15)10(14)6-7-16(12)23-18(13)20/h2-8H,9H2,1H3. The van der Waals surface area contributed by atoms with Crippen LogP contribution in [0.2, 0.25) is 0 Å². The van der Waals surface area contributed by atoms with Crippen LogP contribution < -0.4 is 10.4 Å². The summed E-state index contributed by atoms with van der Waals surface area (Å²) in [6, 6.07) is 12.9. The summed E-state index contributed by atoms with van der Waals surface area (Å²) in [5, 5.41) is 0.678. The van der Waals surface area contributed by atoms with Gasteiger partial charge in [-0.2, -0.15) is 0 Å². The molecule has 0 saturated heterocycles. The summed E-state index contributed by atoms with van der Waals surface area (Å²) >= 11 is 0. The molecule has 114 valence electrons. The van der Waals surface area contributed by atoms with E-state index in [1.807, 2.05) is 30.3 Å². The summed E-state index contributed by atoms with van der Waals surface area (Å²) < 4.78 is 15.7. The van der Waals surface area contributed by atoms with Crippen molar-refractivity contribution >= 4 is 16.9 Å². The molecule has 0 bridgehead atoms. The third-order valence-electron chi connectivity index (χ3n) is 3.98. The van der Waals surface area contributed by atoms with Crippen LogP contribution in [-0.4, -0.2) is 13.1 Å². The molecule has 0 N–H and O–H groups in total. The summed E-state index contributed by atoms with van der Waals surface area (Å²) in [6.07, 6.45) is 0. The summed E-state index contributed by atoms with van der Waals surface area (Å²) in [4.78, 5) is 23.6. The number of ether oxygens (including phenoxy) is 2. The zero-order valence-corrected chi connectivity index (χ0v) is 12.3. The Balaban J connectivity index is 2.03. The van der Waals surface area contributed by atoms with Gasteiger partial charge in [0.2, 0.25) is 0 Å². The van der Waals surface area contributed by atoms with Gasteiger partial charge in [0.25, 0.3) is 0 Å². The second-order valence-corrected chi connectivity index (χ2v) is 5.23. The number of carbonyl (C=O) groups excluding carboxylic acids is 1. The van der Waals surface area contributed by atoms with Crippen molar-refractivity contribution in [1.82, 2.24) is 0 Å². The molecule has 0 fully saturated rings. The number of fused-ring (bicyclic) bond motifs is 5. The third-order valence-corrected chi connectivity index (χ3v) is 3.98. The van der Waals surface area contributed by atoms with Crippen LogP contribution in [0, 0.1) is 0 Å². The van der Waals surface area contributed by atoms with Crippen LogP contribution in [-0.2, 0) is 11.3 Å². The molecule has 23 heavy (non-hydrogen) atoms. The van der Waals surface area contributed by atoms with Crippen molar-refractivity contribution in [2.24, 2.45) is 0 Å². The van der Waals surface area contributed by atoms with Crippen LogP contribution in [0.25, 0.3) is 22.1 Å². The maximum atomic E-state index is 11.9. The van der Waals surface area contributed by atoms with Gasteiger partial charge < -0.3 is 13.9 Å². The average Bonchev–Trinajstić information content (AvgIpc) is 2.59. The van der Waals surface area contributed by atoms with Crippen molar-refractivity contribution < 1.29 is 18.7 Å². The molecular weight excluding hydrogens is 296 g/mol. The molecule has 4 rings (SSSR count). The first kappa shape index (κ1) is 13.6. The maximum Gasteiger partial charge on any atom is 0.351 e. The SMILES string of the molecule is COC(=O)c1cc2c3c(ccc2oc1=O)-c1ccccc1OC3. The van der Waals surface area contributed by atoms with E-state index in [1.165, 1.54) is 13.2 Å². The first-order valence-electron chi connectivity index (χ1n) is 7.09. The minimum Gasteiger partial charge on any atom is -0.488 e. The molecule has 5 heteroatoms. The summed E-state index contributed by atoms with van der Waals surface area (Å²) in [6.45, 7) is 0.345. The number of esters is 1. The molecule has 0 saturated carbocycles. The monoisotopic (exact) mass is 308 g/mol. The van der Waals surface area contributed by atoms with Gasteiger partial charge in [0.15, 0.2) is 0 Å². The molecule has 2 heterocycles. The lowest BCUT2D eigenvalue weighted by molar-refractivity contribution is 0.0596. The maximum absolute atomic E-state index is 11.9. The zero-order valence-electron chi connectivity index (χ0n) is 12.3. The van der Waals surface area contributed by atoms with E-state index in [1.54, 1.807) is 6.07 Å². The van der Waals surface area contributed by atoms with Crippen LogP contribution >= 0.6 is 0 Å². The first-order chi connectivity index (χ1) is 11.2. The molecule has 0 spiro atoms. The highest BCUT2D eigenvalue weighted by molar-refractivity contribution is 5.96. The fourth-order valence-corrected chi connectivity index (χ4v) is 2.87. The van der Waals surface area contributed by atoms with E-state index in [0.717, 1.165) is 22.4 Å². The van der Waals surface area contributed by atoms with E-state index in [0.29, 0.717) is 17.6 Å². The van der Waals surface area contributed by atoms with Crippen LogP contribution in [0.1, 0.15) is 15.9 Å². The average molecular weight is 308 g/mol. The van der Waals surface area contributed by atoms with Crippen LogP contribution in [0.3, 0.4) is 0 Å². The first-order valence-corrected chi connectivity index (χ1v) is 7.09. The van der Waals surface area contributed by atoms with Gasteiger partial charge in [-0.25, -0.2) is 9.59 Å². The van der Waals surface area contributed by atoms with E-state index >= 15 is 0 Å². The molecular formula is C18H12O5. The number of methoxy groups -OCH3 is 1. The van der Waals surface area contributed by atoms with Gasteiger partial charge in [-0.1, -0.05) is 24.3 Å². The molecule has 2 aromatic carbocycles. The Morgan fingerprint density at radius 2 is 1.96 bits per heavy atom.